The molecule has 1 atom stereocenters. The maximum Gasteiger partial charge on any atom is 0.261 e. The fourth-order valence-corrected chi connectivity index (χ4v) is 3.79. The van der Waals surface area contributed by atoms with Crippen LogP contribution in [0.2, 0.25) is 0 Å². The van der Waals surface area contributed by atoms with Crippen LogP contribution in [0.25, 0.3) is 0 Å². The molecule has 8 heteroatoms. The predicted molar refractivity (Wildman–Crippen MR) is 99.6 cm³/mol. The molecule has 0 bridgehead atoms. The molecule has 0 aliphatic carbocycles. The summed E-state index contributed by atoms with van der Waals surface area (Å²) in [7, 11) is -3.85. The summed E-state index contributed by atoms with van der Waals surface area (Å²) in [6, 6.07) is 9.58. The monoisotopic (exact) mass is 373 g/mol. The van der Waals surface area contributed by atoms with Gasteiger partial charge < -0.3 is 10.6 Å². The number of hydrogen-bond acceptors (Lipinski definition) is 4. The van der Waals surface area contributed by atoms with Gasteiger partial charge in [-0.05, 0) is 50.6 Å². The molecule has 2 amide bonds. The van der Waals surface area contributed by atoms with Crippen LogP contribution in [0.5, 0.6) is 0 Å². The molecule has 1 aliphatic heterocycles. The molecular weight excluding hydrogens is 354 g/mol. The van der Waals surface area contributed by atoms with Gasteiger partial charge in [0.2, 0.25) is 11.8 Å². The van der Waals surface area contributed by atoms with E-state index in [1.54, 1.807) is 6.07 Å². The average molecular weight is 373 g/mol. The van der Waals surface area contributed by atoms with Crippen molar-refractivity contribution in [3.05, 3.63) is 47.5 Å². The van der Waals surface area contributed by atoms with Crippen LogP contribution in [0.1, 0.15) is 18.1 Å². The number of sulfonamides is 1. The molecule has 0 spiro atoms. The first-order chi connectivity index (χ1) is 12.2. The van der Waals surface area contributed by atoms with E-state index >= 15 is 0 Å². The Balaban J connectivity index is 1.96. The molecule has 0 saturated heterocycles. The minimum Gasteiger partial charge on any atom is -0.324 e. The number of nitrogens with one attached hydrogen (secondary N) is 3. The third kappa shape index (κ3) is 3.41. The molecule has 2 aromatic carbocycles. The van der Waals surface area contributed by atoms with Crippen molar-refractivity contribution in [1.82, 2.24) is 0 Å². The summed E-state index contributed by atoms with van der Waals surface area (Å²) in [4.78, 5) is 23.8. The van der Waals surface area contributed by atoms with Crippen molar-refractivity contribution in [2.45, 2.75) is 25.7 Å². The molecule has 1 aliphatic rings. The lowest BCUT2D eigenvalue weighted by Gasteiger charge is -2.13. The maximum atomic E-state index is 12.7. The van der Waals surface area contributed by atoms with Gasteiger partial charge in [0.25, 0.3) is 10.0 Å². The molecule has 3 N–H and O–H groups in total. The Morgan fingerprint density at radius 2 is 1.58 bits per heavy atom. The molecule has 0 fully saturated rings. The van der Waals surface area contributed by atoms with Crippen LogP contribution in [-0.4, -0.2) is 20.2 Å². The number of anilines is 3. The zero-order valence-electron chi connectivity index (χ0n) is 14.6. The smallest absolute Gasteiger partial charge is 0.261 e. The van der Waals surface area contributed by atoms with Crippen molar-refractivity contribution in [3.63, 3.8) is 0 Å². The standard InChI is InChI=1S/C18H19N3O4S/c1-10-4-6-14(11(2)8-10)21-26(24,25)13-5-7-15-16(9-13)20-18(23)12(3)17(22)19-15/h4-9,12,21H,1-3H3,(H,19,22)(H,20,23). The lowest BCUT2D eigenvalue weighted by molar-refractivity contribution is -0.128. The quantitative estimate of drug-likeness (QED) is 0.719. The van der Waals surface area contributed by atoms with Crippen LogP contribution in [0.15, 0.2) is 41.3 Å². The zero-order chi connectivity index (χ0) is 19.1. The molecular formula is C18H19N3O4S. The summed E-state index contributed by atoms with van der Waals surface area (Å²) in [5.74, 6) is -1.79. The lowest BCUT2D eigenvalue weighted by atomic mass is 10.1. The van der Waals surface area contributed by atoms with Gasteiger partial charge in [0.1, 0.15) is 5.92 Å². The van der Waals surface area contributed by atoms with E-state index < -0.39 is 27.8 Å². The second-order valence-corrected chi connectivity index (χ2v) is 8.01. The Hall–Kier alpha value is -2.87. The molecule has 136 valence electrons. The number of hydrogen-bond donors (Lipinski definition) is 3. The van der Waals surface area contributed by atoms with Crippen LogP contribution >= 0.6 is 0 Å². The number of benzene rings is 2. The van der Waals surface area contributed by atoms with Crippen molar-refractivity contribution in [2.75, 3.05) is 15.4 Å². The molecule has 0 radical (unpaired) electrons. The first-order valence-electron chi connectivity index (χ1n) is 8.03. The average Bonchev–Trinajstić information content (AvgIpc) is 2.67. The van der Waals surface area contributed by atoms with E-state index in [-0.39, 0.29) is 10.6 Å². The van der Waals surface area contributed by atoms with Gasteiger partial charge in [0.05, 0.1) is 22.0 Å². The SMILES string of the molecule is Cc1ccc(NS(=O)(=O)c2ccc3c(c2)NC(=O)C(C)C(=O)N3)c(C)c1. The van der Waals surface area contributed by atoms with Gasteiger partial charge in [-0.15, -0.1) is 0 Å². The Morgan fingerprint density at radius 3 is 2.23 bits per heavy atom. The van der Waals surface area contributed by atoms with E-state index in [9.17, 15) is 18.0 Å². The summed E-state index contributed by atoms with van der Waals surface area (Å²) in [5, 5.41) is 5.19. The highest BCUT2D eigenvalue weighted by Gasteiger charge is 2.28. The normalized spacial score (nSPS) is 17.0. The van der Waals surface area contributed by atoms with Crippen molar-refractivity contribution in [1.29, 1.82) is 0 Å². The van der Waals surface area contributed by atoms with Gasteiger partial charge in [0.15, 0.2) is 0 Å². The van der Waals surface area contributed by atoms with Crippen LogP contribution in [-0.2, 0) is 19.6 Å². The maximum absolute atomic E-state index is 12.7. The highest BCUT2D eigenvalue weighted by molar-refractivity contribution is 7.92. The van der Waals surface area contributed by atoms with Gasteiger partial charge in [0, 0.05) is 0 Å². The first kappa shape index (κ1) is 17.9. The molecule has 0 saturated carbocycles. The molecule has 1 heterocycles. The molecule has 1 unspecified atom stereocenters. The molecule has 7 nitrogen and oxygen atoms in total. The fraction of sp³-hybridized carbons (Fsp3) is 0.222. The number of carbonyl (C=O) groups is 2. The number of carbonyl (C=O) groups excluding carboxylic acids is 2. The Labute approximate surface area is 151 Å². The van der Waals surface area contributed by atoms with E-state index in [2.05, 4.69) is 15.4 Å². The van der Waals surface area contributed by atoms with E-state index in [0.29, 0.717) is 11.4 Å². The number of amides is 2. The minimum atomic E-state index is -3.85. The summed E-state index contributed by atoms with van der Waals surface area (Å²) in [5.41, 5.74) is 2.92. The van der Waals surface area contributed by atoms with Crippen LogP contribution in [0.4, 0.5) is 17.1 Å². The van der Waals surface area contributed by atoms with Crippen molar-refractivity contribution in [3.8, 4) is 0 Å². The lowest BCUT2D eigenvalue weighted by Crippen LogP contribution is -2.28. The topological polar surface area (TPSA) is 104 Å². The van der Waals surface area contributed by atoms with Crippen molar-refractivity contribution < 1.29 is 18.0 Å². The molecule has 26 heavy (non-hydrogen) atoms. The molecule has 2 aromatic rings. The summed E-state index contributed by atoms with van der Waals surface area (Å²) in [6.07, 6.45) is 0. The van der Waals surface area contributed by atoms with Gasteiger partial charge in [-0.3, -0.25) is 14.3 Å². The minimum absolute atomic E-state index is 0.0136. The highest BCUT2D eigenvalue weighted by atomic mass is 32.2. The predicted octanol–water partition coefficient (Wildman–Crippen LogP) is 2.63. The second-order valence-electron chi connectivity index (χ2n) is 6.33. The summed E-state index contributed by atoms with van der Waals surface area (Å²) in [6.45, 7) is 5.23. The van der Waals surface area contributed by atoms with Gasteiger partial charge in [-0.2, -0.15) is 0 Å². The zero-order valence-corrected chi connectivity index (χ0v) is 15.4. The van der Waals surface area contributed by atoms with Gasteiger partial charge >= 0.3 is 0 Å². The van der Waals surface area contributed by atoms with Crippen LogP contribution in [0, 0.1) is 19.8 Å². The van der Waals surface area contributed by atoms with Gasteiger partial charge in [-0.25, -0.2) is 8.42 Å². The van der Waals surface area contributed by atoms with E-state index in [4.69, 9.17) is 0 Å². The molecule has 3 rings (SSSR count). The van der Waals surface area contributed by atoms with Crippen LogP contribution in [0.3, 0.4) is 0 Å². The number of aryl methyl sites for hydroxylation is 2. The Bertz CT molecular complexity index is 1020. The highest BCUT2D eigenvalue weighted by Crippen LogP contribution is 2.30. The first-order valence-corrected chi connectivity index (χ1v) is 9.51. The second kappa shape index (κ2) is 6.45. The Kier molecular flexibility index (Phi) is 4.45. The van der Waals surface area contributed by atoms with Crippen molar-refractivity contribution >= 4 is 38.9 Å². The third-order valence-corrected chi connectivity index (χ3v) is 5.59. The van der Waals surface area contributed by atoms with E-state index in [1.807, 2.05) is 26.0 Å². The number of rotatable bonds is 3. The van der Waals surface area contributed by atoms with Gasteiger partial charge in [-0.1, -0.05) is 17.7 Å². The number of fused-ring (bicyclic) bond motifs is 1. The fourth-order valence-electron chi connectivity index (χ4n) is 2.64. The summed E-state index contributed by atoms with van der Waals surface area (Å²) >= 11 is 0. The largest absolute Gasteiger partial charge is 0.324 e. The van der Waals surface area contributed by atoms with Crippen LogP contribution < -0.4 is 15.4 Å². The summed E-state index contributed by atoms with van der Waals surface area (Å²) < 4.78 is 28.0. The van der Waals surface area contributed by atoms with E-state index in [0.717, 1.165) is 11.1 Å². The molecule has 0 aromatic heterocycles. The van der Waals surface area contributed by atoms with Crippen molar-refractivity contribution in [2.24, 2.45) is 5.92 Å². The third-order valence-electron chi connectivity index (χ3n) is 4.23. The van der Waals surface area contributed by atoms with E-state index in [1.165, 1.54) is 25.1 Å². The Morgan fingerprint density at radius 1 is 0.923 bits per heavy atom.